The molecule has 4 N–H and O–H groups in total. The Labute approximate surface area is 117 Å². The van der Waals surface area contributed by atoms with E-state index in [0.717, 1.165) is 0 Å². The van der Waals surface area contributed by atoms with Crippen molar-refractivity contribution < 1.29 is 13.2 Å². The minimum atomic E-state index is -3.83. The molecule has 2 heterocycles. The second kappa shape index (κ2) is 5.73. The number of carbonyl (C=O) groups excluding carboxylic acids is 1. The molecular weight excluding hydrogens is 282 g/mol. The summed E-state index contributed by atoms with van der Waals surface area (Å²) in [6, 6.07) is 2.22. The molecule has 9 heteroatoms. The van der Waals surface area contributed by atoms with Gasteiger partial charge in [-0.05, 0) is 18.6 Å². The summed E-state index contributed by atoms with van der Waals surface area (Å²) in [4.78, 5) is 15.6. The number of sulfonamides is 1. The molecule has 1 fully saturated rings. The fourth-order valence-electron chi connectivity index (χ4n) is 2.20. The van der Waals surface area contributed by atoms with Crippen LogP contribution in [0.5, 0.6) is 0 Å². The average molecular weight is 299 g/mol. The van der Waals surface area contributed by atoms with Gasteiger partial charge in [-0.15, -0.1) is 0 Å². The fraction of sp³-hybridized carbons (Fsp3) is 0.455. The predicted octanol–water partition coefficient (Wildman–Crippen LogP) is -0.734. The first-order chi connectivity index (χ1) is 9.52. The smallest absolute Gasteiger partial charge is 0.247 e. The summed E-state index contributed by atoms with van der Waals surface area (Å²) in [7, 11) is -3.83. The van der Waals surface area contributed by atoms with Crippen molar-refractivity contribution in [2.24, 2.45) is 5.84 Å². The molecule has 0 radical (unpaired) electrons. The van der Waals surface area contributed by atoms with Gasteiger partial charge in [0, 0.05) is 19.3 Å². The van der Waals surface area contributed by atoms with E-state index in [1.54, 1.807) is 6.92 Å². The van der Waals surface area contributed by atoms with Crippen LogP contribution >= 0.6 is 0 Å². The summed E-state index contributed by atoms with van der Waals surface area (Å²) in [5, 5.41) is 2.66. The van der Waals surface area contributed by atoms with Gasteiger partial charge in [-0.3, -0.25) is 4.79 Å². The Kier molecular flexibility index (Phi) is 4.21. The molecule has 1 aromatic heterocycles. The molecule has 1 unspecified atom stereocenters. The SMILES string of the molecule is CCC1C(=O)NCCN1S(=O)(=O)c1cccnc1NN. The Bertz CT molecular complexity index is 604. The highest BCUT2D eigenvalue weighted by atomic mass is 32.2. The number of hydrazine groups is 1. The van der Waals surface area contributed by atoms with E-state index >= 15 is 0 Å². The summed E-state index contributed by atoms with van der Waals surface area (Å²) >= 11 is 0. The molecule has 1 aliphatic rings. The van der Waals surface area contributed by atoms with E-state index in [9.17, 15) is 13.2 Å². The van der Waals surface area contributed by atoms with Gasteiger partial charge >= 0.3 is 0 Å². The third-order valence-electron chi connectivity index (χ3n) is 3.16. The maximum Gasteiger partial charge on any atom is 0.247 e. The zero-order valence-corrected chi connectivity index (χ0v) is 11.9. The van der Waals surface area contributed by atoms with Crippen molar-refractivity contribution in [3.63, 3.8) is 0 Å². The highest BCUT2D eigenvalue weighted by molar-refractivity contribution is 7.89. The van der Waals surface area contributed by atoms with E-state index in [1.807, 2.05) is 0 Å². The van der Waals surface area contributed by atoms with Crippen LogP contribution in [0.1, 0.15) is 13.3 Å². The number of nitrogens with two attached hydrogens (primary N) is 1. The van der Waals surface area contributed by atoms with Crippen molar-refractivity contribution in [3.8, 4) is 0 Å². The van der Waals surface area contributed by atoms with Crippen molar-refractivity contribution in [2.75, 3.05) is 18.5 Å². The number of rotatable bonds is 4. The van der Waals surface area contributed by atoms with E-state index in [-0.39, 0.29) is 23.2 Å². The van der Waals surface area contributed by atoms with E-state index in [1.165, 1.54) is 22.6 Å². The number of amides is 1. The number of hydrogen-bond acceptors (Lipinski definition) is 6. The lowest BCUT2D eigenvalue weighted by atomic mass is 10.2. The number of anilines is 1. The van der Waals surface area contributed by atoms with E-state index < -0.39 is 16.1 Å². The maximum absolute atomic E-state index is 12.7. The molecule has 0 bridgehead atoms. The lowest BCUT2D eigenvalue weighted by Crippen LogP contribution is -2.56. The van der Waals surface area contributed by atoms with Crippen LogP contribution in [0.3, 0.4) is 0 Å². The van der Waals surface area contributed by atoms with Crippen LogP contribution in [0.2, 0.25) is 0 Å². The van der Waals surface area contributed by atoms with Gasteiger partial charge in [-0.2, -0.15) is 4.31 Å². The molecule has 1 aromatic rings. The molecule has 0 spiro atoms. The molecule has 1 atom stereocenters. The molecular formula is C11H17N5O3S. The van der Waals surface area contributed by atoms with E-state index in [4.69, 9.17) is 5.84 Å². The van der Waals surface area contributed by atoms with Crippen LogP contribution in [0, 0.1) is 0 Å². The van der Waals surface area contributed by atoms with Crippen LogP contribution in [0.25, 0.3) is 0 Å². The lowest BCUT2D eigenvalue weighted by Gasteiger charge is -2.33. The predicted molar refractivity (Wildman–Crippen MR) is 73.0 cm³/mol. The molecule has 0 saturated carbocycles. The fourth-order valence-corrected chi connectivity index (χ4v) is 3.97. The monoisotopic (exact) mass is 299 g/mol. The second-order valence-electron chi connectivity index (χ2n) is 4.33. The molecule has 0 aliphatic carbocycles. The number of piperazine rings is 1. The van der Waals surface area contributed by atoms with Gasteiger partial charge < -0.3 is 10.7 Å². The van der Waals surface area contributed by atoms with Crippen molar-refractivity contribution >= 4 is 21.7 Å². The van der Waals surface area contributed by atoms with Gasteiger partial charge in [0.1, 0.15) is 10.9 Å². The highest BCUT2D eigenvalue weighted by Crippen LogP contribution is 2.25. The number of aromatic nitrogens is 1. The topological polar surface area (TPSA) is 117 Å². The van der Waals surface area contributed by atoms with Crippen LogP contribution in [0.4, 0.5) is 5.82 Å². The molecule has 1 aliphatic heterocycles. The Morgan fingerprint density at radius 2 is 2.35 bits per heavy atom. The maximum atomic E-state index is 12.7. The highest BCUT2D eigenvalue weighted by Gasteiger charge is 2.38. The number of pyridine rings is 1. The minimum absolute atomic E-state index is 0.0318. The number of nitrogens with one attached hydrogen (secondary N) is 2. The molecule has 8 nitrogen and oxygen atoms in total. The van der Waals surface area contributed by atoms with Gasteiger partial charge in [0.15, 0.2) is 5.82 Å². The van der Waals surface area contributed by atoms with Crippen LogP contribution < -0.4 is 16.6 Å². The first kappa shape index (κ1) is 14.7. The van der Waals surface area contributed by atoms with Crippen molar-refractivity contribution in [2.45, 2.75) is 24.3 Å². The number of nitrogens with zero attached hydrogens (tertiary/aromatic N) is 2. The Morgan fingerprint density at radius 3 is 3.00 bits per heavy atom. The van der Waals surface area contributed by atoms with Crippen molar-refractivity contribution in [1.82, 2.24) is 14.6 Å². The van der Waals surface area contributed by atoms with E-state index in [2.05, 4.69) is 15.7 Å². The lowest BCUT2D eigenvalue weighted by molar-refractivity contribution is -0.126. The summed E-state index contributed by atoms with van der Waals surface area (Å²) in [5.74, 6) is 5.08. The van der Waals surface area contributed by atoms with Crippen molar-refractivity contribution in [3.05, 3.63) is 18.3 Å². The van der Waals surface area contributed by atoms with Gasteiger partial charge in [0.25, 0.3) is 0 Å². The quantitative estimate of drug-likeness (QED) is 0.498. The van der Waals surface area contributed by atoms with Crippen molar-refractivity contribution in [1.29, 1.82) is 0 Å². The molecule has 1 saturated heterocycles. The molecule has 2 rings (SSSR count). The summed E-state index contributed by atoms with van der Waals surface area (Å²) in [6.45, 7) is 2.29. The number of hydrogen-bond donors (Lipinski definition) is 3. The molecule has 110 valence electrons. The summed E-state index contributed by atoms with van der Waals surface area (Å²) in [6.07, 6.45) is 1.84. The molecule has 20 heavy (non-hydrogen) atoms. The summed E-state index contributed by atoms with van der Waals surface area (Å²) < 4.78 is 26.6. The second-order valence-corrected chi connectivity index (χ2v) is 6.18. The number of carbonyl (C=O) groups is 1. The third-order valence-corrected chi connectivity index (χ3v) is 5.10. The average Bonchev–Trinajstić information content (AvgIpc) is 2.46. The van der Waals surface area contributed by atoms with Gasteiger partial charge in [-0.25, -0.2) is 19.2 Å². The minimum Gasteiger partial charge on any atom is -0.353 e. The molecule has 1 amide bonds. The van der Waals surface area contributed by atoms with Crippen LogP contribution in [-0.2, 0) is 14.8 Å². The van der Waals surface area contributed by atoms with Gasteiger partial charge in [0.05, 0.1) is 0 Å². The first-order valence-corrected chi connectivity index (χ1v) is 7.67. The zero-order valence-electron chi connectivity index (χ0n) is 11.0. The zero-order chi connectivity index (χ0) is 14.8. The van der Waals surface area contributed by atoms with Gasteiger partial charge in [0.2, 0.25) is 15.9 Å². The van der Waals surface area contributed by atoms with Crippen LogP contribution in [-0.4, -0.2) is 42.7 Å². The standard InChI is InChI=1S/C11H17N5O3S/c1-2-8-11(17)14-6-7-16(8)20(18,19)9-4-3-5-13-10(9)15-12/h3-5,8H,2,6-7,12H2,1H3,(H,13,15)(H,14,17). The Balaban J connectivity index is 2.46. The number of nitrogen functional groups attached to an aromatic ring is 1. The van der Waals surface area contributed by atoms with Crippen LogP contribution in [0.15, 0.2) is 23.2 Å². The van der Waals surface area contributed by atoms with Gasteiger partial charge in [-0.1, -0.05) is 6.92 Å². The van der Waals surface area contributed by atoms with E-state index in [0.29, 0.717) is 13.0 Å². The largest absolute Gasteiger partial charge is 0.353 e. The Morgan fingerprint density at radius 1 is 1.60 bits per heavy atom. The third kappa shape index (κ3) is 2.47. The summed E-state index contributed by atoms with van der Waals surface area (Å²) in [5.41, 5.74) is 2.27. The Hall–Kier alpha value is -1.71. The first-order valence-electron chi connectivity index (χ1n) is 6.23. The normalized spacial score (nSPS) is 20.5. The molecule has 0 aromatic carbocycles.